The fourth-order valence-electron chi connectivity index (χ4n) is 2.67. The molecule has 4 rings (SSSR count). The van der Waals surface area contributed by atoms with Crippen LogP contribution in [-0.2, 0) is 6.61 Å². The Kier molecular flexibility index (Phi) is 3.63. The van der Waals surface area contributed by atoms with E-state index in [4.69, 9.17) is 15.5 Å². The van der Waals surface area contributed by atoms with Gasteiger partial charge in [0.1, 0.15) is 6.61 Å². The number of rotatable bonds is 4. The molecule has 0 saturated carbocycles. The van der Waals surface area contributed by atoms with Gasteiger partial charge in [-0.15, -0.1) is 0 Å². The number of benzene rings is 2. The van der Waals surface area contributed by atoms with Gasteiger partial charge in [-0.25, -0.2) is 4.98 Å². The number of nitrogens with zero attached hydrogens (tertiary/aromatic N) is 2. The highest BCUT2D eigenvalue weighted by atomic mass is 16.5. The number of anilines is 1. The average molecular weight is 315 g/mol. The van der Waals surface area contributed by atoms with E-state index in [0.717, 1.165) is 33.9 Å². The zero-order valence-corrected chi connectivity index (χ0v) is 13.1. The van der Waals surface area contributed by atoms with Gasteiger partial charge in [0.2, 0.25) is 0 Å². The summed E-state index contributed by atoms with van der Waals surface area (Å²) in [6.07, 6.45) is 3.95. The minimum Gasteiger partial charge on any atom is -0.485 e. The van der Waals surface area contributed by atoms with E-state index in [0.29, 0.717) is 6.61 Å². The Balaban J connectivity index is 1.67. The summed E-state index contributed by atoms with van der Waals surface area (Å²) >= 11 is 0. The number of nitrogens with two attached hydrogens (primary N) is 1. The summed E-state index contributed by atoms with van der Waals surface area (Å²) in [7, 11) is 0. The SMILES string of the molecule is Nc1cccc(-c2cn3cccc(OCc4ccccc4)c3n2)c1. The molecule has 0 radical (unpaired) electrons. The normalized spacial score (nSPS) is 10.8. The van der Waals surface area contributed by atoms with Gasteiger partial charge in [0, 0.05) is 23.6 Å². The molecule has 0 unspecified atom stereocenters. The topological polar surface area (TPSA) is 52.5 Å². The Hall–Kier alpha value is -3.27. The van der Waals surface area contributed by atoms with E-state index in [-0.39, 0.29) is 0 Å². The Morgan fingerprint density at radius 1 is 0.958 bits per heavy atom. The molecule has 2 aromatic heterocycles. The first-order valence-corrected chi connectivity index (χ1v) is 7.80. The quantitative estimate of drug-likeness (QED) is 0.575. The van der Waals surface area contributed by atoms with Crippen molar-refractivity contribution in [3.8, 4) is 17.0 Å². The minimum absolute atomic E-state index is 0.515. The zero-order chi connectivity index (χ0) is 16.4. The van der Waals surface area contributed by atoms with Crippen molar-refractivity contribution in [2.45, 2.75) is 6.61 Å². The molecule has 0 saturated heterocycles. The van der Waals surface area contributed by atoms with Crippen LogP contribution in [0.1, 0.15) is 5.56 Å². The maximum absolute atomic E-state index is 5.97. The Morgan fingerprint density at radius 3 is 2.67 bits per heavy atom. The number of aromatic nitrogens is 2. The van der Waals surface area contributed by atoms with Gasteiger partial charge in [0.25, 0.3) is 0 Å². The lowest BCUT2D eigenvalue weighted by Gasteiger charge is -2.07. The maximum atomic E-state index is 5.97. The highest BCUT2D eigenvalue weighted by molar-refractivity contribution is 5.68. The van der Waals surface area contributed by atoms with Gasteiger partial charge in [0.15, 0.2) is 11.4 Å². The first-order valence-electron chi connectivity index (χ1n) is 7.80. The predicted octanol–water partition coefficient (Wildman–Crippen LogP) is 4.16. The van der Waals surface area contributed by atoms with Crippen molar-refractivity contribution >= 4 is 11.3 Å². The van der Waals surface area contributed by atoms with Crippen molar-refractivity contribution in [3.05, 3.63) is 84.7 Å². The number of fused-ring (bicyclic) bond motifs is 1. The molecule has 24 heavy (non-hydrogen) atoms. The summed E-state index contributed by atoms with van der Waals surface area (Å²) in [5.41, 5.74) is 10.4. The van der Waals surface area contributed by atoms with Crippen LogP contribution in [0, 0.1) is 0 Å². The van der Waals surface area contributed by atoms with Crippen molar-refractivity contribution in [3.63, 3.8) is 0 Å². The molecule has 118 valence electrons. The third-order valence-corrected chi connectivity index (χ3v) is 3.87. The largest absolute Gasteiger partial charge is 0.485 e. The van der Waals surface area contributed by atoms with Crippen LogP contribution in [0.2, 0.25) is 0 Å². The van der Waals surface area contributed by atoms with Crippen LogP contribution < -0.4 is 10.5 Å². The predicted molar refractivity (Wildman–Crippen MR) is 95.8 cm³/mol. The molecule has 0 bridgehead atoms. The van der Waals surface area contributed by atoms with Gasteiger partial charge in [-0.2, -0.15) is 0 Å². The summed E-state index contributed by atoms with van der Waals surface area (Å²) in [5.74, 6) is 0.761. The van der Waals surface area contributed by atoms with E-state index < -0.39 is 0 Å². The van der Waals surface area contributed by atoms with Gasteiger partial charge >= 0.3 is 0 Å². The summed E-state index contributed by atoms with van der Waals surface area (Å²) in [5, 5.41) is 0. The fraction of sp³-hybridized carbons (Fsp3) is 0.0500. The fourth-order valence-corrected chi connectivity index (χ4v) is 2.67. The molecule has 0 aliphatic carbocycles. The molecule has 4 heteroatoms. The molecular formula is C20H17N3O. The van der Waals surface area contributed by atoms with Crippen LogP contribution in [0.3, 0.4) is 0 Å². The molecule has 0 fully saturated rings. The zero-order valence-electron chi connectivity index (χ0n) is 13.1. The first kappa shape index (κ1) is 14.3. The number of imidazole rings is 1. The second-order valence-corrected chi connectivity index (χ2v) is 5.63. The van der Waals surface area contributed by atoms with E-state index in [1.54, 1.807) is 0 Å². The van der Waals surface area contributed by atoms with Crippen molar-refractivity contribution in [1.82, 2.24) is 9.38 Å². The molecule has 2 heterocycles. The van der Waals surface area contributed by atoms with Crippen LogP contribution in [-0.4, -0.2) is 9.38 Å². The van der Waals surface area contributed by atoms with Crippen molar-refractivity contribution in [1.29, 1.82) is 0 Å². The van der Waals surface area contributed by atoms with E-state index >= 15 is 0 Å². The Morgan fingerprint density at radius 2 is 1.83 bits per heavy atom. The lowest BCUT2D eigenvalue weighted by Crippen LogP contribution is -1.97. The summed E-state index contributed by atoms with van der Waals surface area (Å²) < 4.78 is 7.94. The molecule has 0 amide bonds. The second-order valence-electron chi connectivity index (χ2n) is 5.63. The van der Waals surface area contributed by atoms with Gasteiger partial charge in [0.05, 0.1) is 5.69 Å². The Labute approximate surface area is 140 Å². The molecular weight excluding hydrogens is 298 g/mol. The van der Waals surface area contributed by atoms with Crippen LogP contribution in [0.25, 0.3) is 16.9 Å². The molecule has 4 aromatic rings. The van der Waals surface area contributed by atoms with Crippen LogP contribution >= 0.6 is 0 Å². The second kappa shape index (κ2) is 6.08. The first-order chi connectivity index (χ1) is 11.8. The molecule has 0 aliphatic rings. The summed E-state index contributed by atoms with van der Waals surface area (Å²) in [4.78, 5) is 4.72. The molecule has 0 aliphatic heterocycles. The van der Waals surface area contributed by atoms with Gasteiger partial charge < -0.3 is 14.9 Å². The molecule has 0 atom stereocenters. The maximum Gasteiger partial charge on any atom is 0.180 e. The lowest BCUT2D eigenvalue weighted by atomic mass is 10.1. The van der Waals surface area contributed by atoms with E-state index in [9.17, 15) is 0 Å². The highest BCUT2D eigenvalue weighted by Gasteiger charge is 2.09. The number of pyridine rings is 1. The van der Waals surface area contributed by atoms with E-state index in [2.05, 4.69) is 0 Å². The van der Waals surface area contributed by atoms with Gasteiger partial charge in [-0.3, -0.25) is 0 Å². The highest BCUT2D eigenvalue weighted by Crippen LogP contribution is 2.26. The number of hydrogen-bond acceptors (Lipinski definition) is 3. The minimum atomic E-state index is 0.515. The van der Waals surface area contributed by atoms with Crippen LogP contribution in [0.5, 0.6) is 5.75 Å². The lowest BCUT2D eigenvalue weighted by molar-refractivity contribution is 0.308. The number of nitrogen functional groups attached to an aromatic ring is 1. The van der Waals surface area contributed by atoms with Crippen LogP contribution in [0.15, 0.2) is 79.1 Å². The molecule has 0 spiro atoms. The van der Waals surface area contributed by atoms with Gasteiger partial charge in [-0.1, -0.05) is 42.5 Å². The third-order valence-electron chi connectivity index (χ3n) is 3.87. The molecule has 2 N–H and O–H groups in total. The number of hydrogen-bond donors (Lipinski definition) is 1. The van der Waals surface area contributed by atoms with Crippen LogP contribution in [0.4, 0.5) is 5.69 Å². The number of ether oxygens (including phenoxy) is 1. The van der Waals surface area contributed by atoms with E-state index in [1.807, 2.05) is 83.5 Å². The van der Waals surface area contributed by atoms with Crippen molar-refractivity contribution in [2.75, 3.05) is 5.73 Å². The monoisotopic (exact) mass is 315 g/mol. The van der Waals surface area contributed by atoms with Crippen molar-refractivity contribution < 1.29 is 4.74 Å². The molecule has 4 nitrogen and oxygen atoms in total. The summed E-state index contributed by atoms with van der Waals surface area (Å²) in [6, 6.07) is 21.7. The van der Waals surface area contributed by atoms with Gasteiger partial charge in [-0.05, 0) is 29.8 Å². The van der Waals surface area contributed by atoms with Crippen molar-refractivity contribution in [2.24, 2.45) is 0 Å². The molecule has 2 aromatic carbocycles. The van der Waals surface area contributed by atoms with E-state index in [1.165, 1.54) is 0 Å². The third kappa shape index (κ3) is 2.82. The average Bonchev–Trinajstić information content (AvgIpc) is 3.06. The summed E-state index contributed by atoms with van der Waals surface area (Å²) in [6.45, 7) is 0.515. The smallest absolute Gasteiger partial charge is 0.180 e. The standard InChI is InChI=1S/C20H17N3O/c21-17-9-4-8-16(12-17)18-13-23-11-5-10-19(20(23)22-18)24-14-15-6-2-1-3-7-15/h1-13H,14,21H2. The Bertz CT molecular complexity index is 977.